The fourth-order valence-electron chi connectivity index (χ4n) is 2.53. The lowest BCUT2D eigenvalue weighted by Gasteiger charge is -2.37. The van der Waals surface area contributed by atoms with Crippen molar-refractivity contribution < 1.29 is 9.53 Å². The van der Waals surface area contributed by atoms with Crippen LogP contribution in [0.1, 0.15) is 39.0 Å². The lowest BCUT2D eigenvalue weighted by atomic mass is 9.73. The number of nitrogens with zero attached hydrogens (tertiary/aromatic N) is 1. The third-order valence-electron chi connectivity index (χ3n) is 3.71. The van der Waals surface area contributed by atoms with Crippen LogP contribution in [0.2, 0.25) is 0 Å². The Morgan fingerprint density at radius 3 is 2.50 bits per heavy atom. The van der Waals surface area contributed by atoms with Gasteiger partial charge in [0.15, 0.2) is 0 Å². The highest BCUT2D eigenvalue weighted by atomic mass is 32.1. The molecule has 104 valence electrons. The van der Waals surface area contributed by atoms with Gasteiger partial charge in [0.2, 0.25) is 5.91 Å². The predicted molar refractivity (Wildman–Crippen MR) is 76.4 cm³/mol. The molecule has 4 nitrogen and oxygen atoms in total. The lowest BCUT2D eigenvalue weighted by molar-refractivity contribution is -0.139. The number of rotatable bonds is 6. The maximum atomic E-state index is 12.6. The first-order valence-electron chi connectivity index (χ1n) is 6.68. The number of amides is 1. The molecule has 1 amide bonds. The largest absolute Gasteiger partial charge is 0.392 e. The zero-order chi connectivity index (χ0) is 13.6. The predicted octanol–water partition coefficient (Wildman–Crippen LogP) is 1.72. The Bertz CT molecular complexity index is 301. The molecule has 2 N–H and O–H groups in total. The molecule has 0 saturated heterocycles. The van der Waals surface area contributed by atoms with Gasteiger partial charge in [-0.1, -0.05) is 31.5 Å². The van der Waals surface area contributed by atoms with E-state index in [1.54, 1.807) is 11.9 Å². The van der Waals surface area contributed by atoms with Gasteiger partial charge in [0.1, 0.15) is 0 Å². The summed E-state index contributed by atoms with van der Waals surface area (Å²) in [5.41, 5.74) is 5.25. The highest BCUT2D eigenvalue weighted by Crippen LogP contribution is 2.38. The molecule has 5 heteroatoms. The van der Waals surface area contributed by atoms with Gasteiger partial charge in [-0.3, -0.25) is 4.79 Å². The monoisotopic (exact) mass is 272 g/mol. The molecule has 0 aromatic rings. The molecule has 0 radical (unpaired) electrons. The first-order valence-corrected chi connectivity index (χ1v) is 7.08. The molecule has 1 aliphatic rings. The van der Waals surface area contributed by atoms with Gasteiger partial charge in [-0.15, -0.1) is 0 Å². The van der Waals surface area contributed by atoms with Gasteiger partial charge in [0.25, 0.3) is 0 Å². The summed E-state index contributed by atoms with van der Waals surface area (Å²) >= 11 is 5.16. The Hall–Kier alpha value is -0.680. The van der Waals surface area contributed by atoms with E-state index in [0.29, 0.717) is 24.7 Å². The SMILES string of the molecule is CCOCCN(C)C(=O)C1(C(N)=S)CCCCC1. The minimum Gasteiger partial charge on any atom is -0.392 e. The van der Waals surface area contributed by atoms with Crippen LogP contribution in [0.5, 0.6) is 0 Å². The quantitative estimate of drug-likeness (QED) is 0.591. The number of thiocarbonyl (C=S) groups is 1. The normalized spacial score (nSPS) is 18.3. The third-order valence-corrected chi connectivity index (χ3v) is 4.10. The van der Waals surface area contributed by atoms with Crippen molar-refractivity contribution in [1.82, 2.24) is 4.90 Å². The van der Waals surface area contributed by atoms with Crippen LogP contribution in [0.25, 0.3) is 0 Å². The highest BCUT2D eigenvalue weighted by molar-refractivity contribution is 7.80. The molecule has 18 heavy (non-hydrogen) atoms. The lowest BCUT2D eigenvalue weighted by Crippen LogP contribution is -2.51. The van der Waals surface area contributed by atoms with Crippen molar-refractivity contribution in [3.8, 4) is 0 Å². The smallest absolute Gasteiger partial charge is 0.235 e. The van der Waals surface area contributed by atoms with Crippen molar-refractivity contribution >= 4 is 23.1 Å². The van der Waals surface area contributed by atoms with Crippen LogP contribution in [0, 0.1) is 5.41 Å². The molecule has 0 bridgehead atoms. The second-order valence-corrected chi connectivity index (χ2v) is 5.37. The Kier molecular flexibility index (Phi) is 6.02. The molecule has 0 heterocycles. The maximum absolute atomic E-state index is 12.6. The van der Waals surface area contributed by atoms with Crippen LogP contribution < -0.4 is 5.73 Å². The number of ether oxygens (including phenoxy) is 1. The second kappa shape index (κ2) is 7.04. The van der Waals surface area contributed by atoms with Crippen molar-refractivity contribution in [3.63, 3.8) is 0 Å². The Labute approximate surface area is 115 Å². The van der Waals surface area contributed by atoms with Crippen LogP contribution in [0.3, 0.4) is 0 Å². The molecule has 1 aliphatic carbocycles. The molecule has 0 aromatic heterocycles. The molecule has 0 unspecified atom stereocenters. The number of carbonyl (C=O) groups is 1. The van der Waals surface area contributed by atoms with Crippen LogP contribution in [-0.2, 0) is 9.53 Å². The molecular formula is C13H24N2O2S. The van der Waals surface area contributed by atoms with Gasteiger partial charge in [-0.25, -0.2) is 0 Å². The summed E-state index contributed by atoms with van der Waals surface area (Å²) in [4.78, 5) is 14.6. The summed E-state index contributed by atoms with van der Waals surface area (Å²) in [5.74, 6) is 0.0643. The zero-order valence-electron chi connectivity index (χ0n) is 11.4. The summed E-state index contributed by atoms with van der Waals surface area (Å²) in [6.07, 6.45) is 4.81. The second-order valence-electron chi connectivity index (χ2n) is 4.93. The Morgan fingerprint density at radius 1 is 1.39 bits per heavy atom. The van der Waals surface area contributed by atoms with Crippen molar-refractivity contribution in [3.05, 3.63) is 0 Å². The van der Waals surface area contributed by atoms with E-state index in [1.165, 1.54) is 6.42 Å². The Balaban J connectivity index is 2.67. The van der Waals surface area contributed by atoms with Crippen LogP contribution in [0.15, 0.2) is 0 Å². The van der Waals surface area contributed by atoms with E-state index in [9.17, 15) is 4.79 Å². The van der Waals surface area contributed by atoms with Gasteiger partial charge in [-0.2, -0.15) is 0 Å². The van der Waals surface area contributed by atoms with E-state index in [0.717, 1.165) is 25.7 Å². The fraction of sp³-hybridized carbons (Fsp3) is 0.846. The van der Waals surface area contributed by atoms with E-state index in [4.69, 9.17) is 22.7 Å². The van der Waals surface area contributed by atoms with Crippen LogP contribution in [0.4, 0.5) is 0 Å². The molecule has 0 atom stereocenters. The standard InChI is InChI=1S/C13H24N2O2S/c1-3-17-10-9-15(2)12(16)13(11(14)18)7-5-4-6-8-13/h3-10H2,1-2H3,(H2,14,18). The molecular weight excluding hydrogens is 248 g/mol. The summed E-state index contributed by atoms with van der Waals surface area (Å²) in [6.45, 7) is 3.77. The van der Waals surface area contributed by atoms with Gasteiger partial charge in [0.05, 0.1) is 17.0 Å². The first kappa shape index (κ1) is 15.4. The van der Waals surface area contributed by atoms with Gasteiger partial charge < -0.3 is 15.4 Å². The third kappa shape index (κ3) is 3.42. The fourth-order valence-corrected chi connectivity index (χ4v) is 2.83. The number of hydrogen-bond acceptors (Lipinski definition) is 3. The van der Waals surface area contributed by atoms with Crippen molar-refractivity contribution in [1.29, 1.82) is 0 Å². The van der Waals surface area contributed by atoms with Crippen molar-refractivity contribution in [2.24, 2.45) is 11.1 Å². The van der Waals surface area contributed by atoms with Gasteiger partial charge >= 0.3 is 0 Å². The van der Waals surface area contributed by atoms with E-state index in [-0.39, 0.29) is 5.91 Å². The highest BCUT2D eigenvalue weighted by Gasteiger charge is 2.43. The molecule has 0 aliphatic heterocycles. The number of nitrogens with two attached hydrogens (primary N) is 1. The minimum atomic E-state index is -0.603. The molecule has 1 saturated carbocycles. The Morgan fingerprint density at radius 2 is 2.00 bits per heavy atom. The number of carbonyl (C=O) groups excluding carboxylic acids is 1. The zero-order valence-corrected chi connectivity index (χ0v) is 12.2. The molecule has 1 fully saturated rings. The average Bonchev–Trinajstić information content (AvgIpc) is 2.38. The van der Waals surface area contributed by atoms with Gasteiger partial charge in [0, 0.05) is 20.2 Å². The number of hydrogen-bond donors (Lipinski definition) is 1. The van der Waals surface area contributed by atoms with E-state index < -0.39 is 5.41 Å². The number of likely N-dealkylation sites (N-methyl/N-ethyl adjacent to an activating group) is 1. The van der Waals surface area contributed by atoms with E-state index in [1.807, 2.05) is 6.92 Å². The molecule has 1 rings (SSSR count). The van der Waals surface area contributed by atoms with E-state index in [2.05, 4.69) is 0 Å². The van der Waals surface area contributed by atoms with Gasteiger partial charge in [-0.05, 0) is 19.8 Å². The van der Waals surface area contributed by atoms with Crippen LogP contribution in [-0.4, -0.2) is 42.6 Å². The average molecular weight is 272 g/mol. The van der Waals surface area contributed by atoms with Crippen molar-refractivity contribution in [2.75, 3.05) is 26.8 Å². The summed E-state index contributed by atoms with van der Waals surface area (Å²) in [7, 11) is 1.80. The summed E-state index contributed by atoms with van der Waals surface area (Å²) < 4.78 is 5.28. The first-order chi connectivity index (χ1) is 8.54. The molecule has 0 spiro atoms. The summed E-state index contributed by atoms with van der Waals surface area (Å²) in [6, 6.07) is 0. The summed E-state index contributed by atoms with van der Waals surface area (Å²) in [5, 5.41) is 0. The maximum Gasteiger partial charge on any atom is 0.235 e. The topological polar surface area (TPSA) is 55.6 Å². The van der Waals surface area contributed by atoms with Crippen molar-refractivity contribution in [2.45, 2.75) is 39.0 Å². The van der Waals surface area contributed by atoms with Crippen LogP contribution >= 0.6 is 12.2 Å². The minimum absolute atomic E-state index is 0.0643. The molecule has 0 aromatic carbocycles. The van der Waals surface area contributed by atoms with E-state index >= 15 is 0 Å².